The molecule has 0 aromatic heterocycles. The van der Waals surface area contributed by atoms with Gasteiger partial charge in [0.05, 0.1) is 0 Å². The molecule has 0 bridgehead atoms. The maximum Gasteiger partial charge on any atom is 0.311 e. The number of hydrogen-bond acceptors (Lipinski definition) is 2. The molecule has 0 aromatic rings. The highest BCUT2D eigenvalue weighted by molar-refractivity contribution is 7.95. The van der Waals surface area contributed by atoms with E-state index in [0.717, 1.165) is 5.71 Å². The molecular weight excluding hydrogens is 150 g/mol. The second kappa shape index (κ2) is 2.08. The van der Waals surface area contributed by atoms with Crippen LogP contribution in [0.3, 0.4) is 0 Å². The normalized spacial score (nSPS) is 17.0. The predicted octanol–water partition coefficient (Wildman–Crippen LogP) is -0.473. The van der Waals surface area contributed by atoms with Crippen molar-refractivity contribution in [3.63, 3.8) is 0 Å². The number of hydrogen-bond donors (Lipinski definition) is 0. The summed E-state index contributed by atoms with van der Waals surface area (Å²) in [5, 5.41) is 0. The standard InChI is InChI=1S/C6H8NO2S/c1-5-3-6(4-7-5)10(2,8)9/h3-4H,1-2H3/q+1. The summed E-state index contributed by atoms with van der Waals surface area (Å²) in [4.78, 5) is 0.296. The molecule has 0 spiro atoms. The van der Waals surface area contributed by atoms with Crippen molar-refractivity contribution in [2.45, 2.75) is 6.92 Å². The monoisotopic (exact) mass is 158 g/mol. The van der Waals surface area contributed by atoms with Gasteiger partial charge in [-0.3, -0.25) is 0 Å². The summed E-state index contributed by atoms with van der Waals surface area (Å²) in [6.07, 6.45) is 4.09. The first-order valence-corrected chi connectivity index (χ1v) is 4.68. The van der Waals surface area contributed by atoms with Crippen LogP contribution in [0.5, 0.6) is 0 Å². The SMILES string of the molecule is CC1=[N+]=CC(S(C)(=O)=O)=C1. The molecule has 0 atom stereocenters. The molecule has 1 aliphatic rings. The van der Waals surface area contributed by atoms with Crippen LogP contribution in [0, 0.1) is 0 Å². The van der Waals surface area contributed by atoms with Crippen molar-refractivity contribution in [2.75, 3.05) is 6.26 Å². The molecule has 1 heterocycles. The van der Waals surface area contributed by atoms with E-state index < -0.39 is 9.84 Å². The second-order valence-corrected chi connectivity index (χ2v) is 4.23. The molecule has 0 saturated heterocycles. The molecule has 0 fully saturated rings. The van der Waals surface area contributed by atoms with Gasteiger partial charge in [-0.1, -0.05) is 4.67 Å². The lowest BCUT2D eigenvalue weighted by Gasteiger charge is -1.84. The minimum Gasteiger partial charge on any atom is -0.224 e. The van der Waals surface area contributed by atoms with Crippen molar-refractivity contribution in [3.8, 4) is 0 Å². The van der Waals surface area contributed by atoms with E-state index in [1.54, 1.807) is 13.0 Å². The van der Waals surface area contributed by atoms with Gasteiger partial charge in [0.1, 0.15) is 0 Å². The predicted molar refractivity (Wildman–Crippen MR) is 41.8 cm³/mol. The molecule has 0 aliphatic carbocycles. The Hall–Kier alpha value is -0.860. The molecule has 3 nitrogen and oxygen atoms in total. The number of rotatable bonds is 1. The molecule has 0 radical (unpaired) electrons. The minimum absolute atomic E-state index is 0.296. The summed E-state index contributed by atoms with van der Waals surface area (Å²) in [5.74, 6) is 0. The smallest absolute Gasteiger partial charge is 0.224 e. The van der Waals surface area contributed by atoms with Crippen LogP contribution in [-0.4, -0.2) is 26.6 Å². The van der Waals surface area contributed by atoms with Crippen LogP contribution in [0.1, 0.15) is 6.92 Å². The van der Waals surface area contributed by atoms with Crippen molar-refractivity contribution < 1.29 is 8.42 Å². The van der Waals surface area contributed by atoms with Crippen LogP contribution >= 0.6 is 0 Å². The molecule has 4 heteroatoms. The Morgan fingerprint density at radius 2 is 2.10 bits per heavy atom. The van der Waals surface area contributed by atoms with Crippen LogP contribution in [-0.2, 0) is 9.84 Å². The average Bonchev–Trinajstić information content (AvgIpc) is 2.11. The third kappa shape index (κ3) is 1.35. The first-order chi connectivity index (χ1) is 4.50. The first kappa shape index (κ1) is 7.25. The second-order valence-electron chi connectivity index (χ2n) is 2.22. The summed E-state index contributed by atoms with van der Waals surface area (Å²) in [6, 6.07) is 0. The van der Waals surface area contributed by atoms with Crippen molar-refractivity contribution in [1.82, 2.24) is 4.67 Å². The third-order valence-electron chi connectivity index (χ3n) is 1.17. The average molecular weight is 158 g/mol. The van der Waals surface area contributed by atoms with Gasteiger partial charge in [0.25, 0.3) is 0 Å². The van der Waals surface area contributed by atoms with E-state index in [0.29, 0.717) is 4.91 Å². The Kier molecular flexibility index (Phi) is 1.50. The summed E-state index contributed by atoms with van der Waals surface area (Å²) in [6.45, 7) is 1.76. The van der Waals surface area contributed by atoms with Gasteiger partial charge in [-0.25, -0.2) is 8.42 Å². The maximum atomic E-state index is 10.8. The Morgan fingerprint density at radius 1 is 1.50 bits per heavy atom. The molecule has 0 aromatic carbocycles. The highest BCUT2D eigenvalue weighted by Gasteiger charge is 2.19. The van der Waals surface area contributed by atoms with Gasteiger partial charge in [-0.05, 0) is 0 Å². The quantitative estimate of drug-likeness (QED) is 0.484. The van der Waals surface area contributed by atoms with Gasteiger partial charge >= 0.3 is 11.9 Å². The van der Waals surface area contributed by atoms with Crippen LogP contribution in [0.4, 0.5) is 0 Å². The Labute approximate surface area is 59.7 Å². The van der Waals surface area contributed by atoms with Crippen molar-refractivity contribution in [3.05, 3.63) is 11.0 Å². The van der Waals surface area contributed by atoms with Gasteiger partial charge in [0.2, 0.25) is 0 Å². The molecule has 1 aliphatic heterocycles. The zero-order valence-corrected chi connectivity index (χ0v) is 6.64. The number of nitrogens with zero attached hydrogens (tertiary/aromatic N) is 1. The fourth-order valence-corrected chi connectivity index (χ4v) is 1.28. The third-order valence-corrected chi connectivity index (χ3v) is 2.25. The summed E-state index contributed by atoms with van der Waals surface area (Å²) in [5.41, 5.74) is 0.737. The van der Waals surface area contributed by atoms with E-state index >= 15 is 0 Å². The van der Waals surface area contributed by atoms with Crippen LogP contribution in [0.25, 0.3) is 0 Å². The van der Waals surface area contributed by atoms with E-state index in [1.165, 1.54) is 12.5 Å². The topological polar surface area (TPSA) is 48.2 Å². The summed E-state index contributed by atoms with van der Waals surface area (Å²) >= 11 is 0. The lowest BCUT2D eigenvalue weighted by atomic mass is 10.4. The number of sulfone groups is 1. The van der Waals surface area contributed by atoms with Crippen molar-refractivity contribution in [1.29, 1.82) is 0 Å². The lowest BCUT2D eigenvalue weighted by molar-refractivity contribution is 0.609. The Balaban J connectivity index is 3.08. The number of allylic oxidation sites excluding steroid dienone is 2. The maximum absolute atomic E-state index is 10.8. The van der Waals surface area contributed by atoms with E-state index in [4.69, 9.17) is 0 Å². The lowest BCUT2D eigenvalue weighted by Crippen LogP contribution is -2.00. The molecule has 1 rings (SSSR count). The van der Waals surface area contributed by atoms with Gasteiger partial charge in [-0.15, -0.1) is 0 Å². The first-order valence-electron chi connectivity index (χ1n) is 2.79. The molecule has 10 heavy (non-hydrogen) atoms. The summed E-state index contributed by atoms with van der Waals surface area (Å²) < 4.78 is 25.4. The van der Waals surface area contributed by atoms with Gasteiger partial charge in [0, 0.05) is 19.3 Å². The van der Waals surface area contributed by atoms with E-state index in [2.05, 4.69) is 4.67 Å². The molecule has 0 N–H and O–H groups in total. The Morgan fingerprint density at radius 3 is 2.30 bits per heavy atom. The largest absolute Gasteiger partial charge is 0.311 e. The van der Waals surface area contributed by atoms with Crippen LogP contribution < -0.4 is 4.67 Å². The zero-order chi connectivity index (χ0) is 7.78. The van der Waals surface area contributed by atoms with Crippen LogP contribution in [0.2, 0.25) is 0 Å². The molecule has 54 valence electrons. The van der Waals surface area contributed by atoms with Gasteiger partial charge < -0.3 is 0 Å². The van der Waals surface area contributed by atoms with E-state index in [-0.39, 0.29) is 0 Å². The molecule has 0 amide bonds. The zero-order valence-electron chi connectivity index (χ0n) is 5.83. The molecule has 0 unspecified atom stereocenters. The molecular formula is C6H8NO2S+. The van der Waals surface area contributed by atoms with Crippen molar-refractivity contribution in [2.24, 2.45) is 0 Å². The summed E-state index contributed by atoms with van der Waals surface area (Å²) in [7, 11) is -3.04. The van der Waals surface area contributed by atoms with Crippen molar-refractivity contribution >= 4 is 21.8 Å². The van der Waals surface area contributed by atoms with Crippen LogP contribution in [0.15, 0.2) is 11.0 Å². The molecule has 0 saturated carbocycles. The van der Waals surface area contributed by atoms with Gasteiger partial charge in [0.15, 0.2) is 14.7 Å². The minimum atomic E-state index is -3.04. The van der Waals surface area contributed by atoms with Gasteiger partial charge in [-0.2, -0.15) is 0 Å². The fraction of sp³-hybridized carbons (Fsp3) is 0.333. The Bertz CT molecular complexity index is 342. The highest BCUT2D eigenvalue weighted by Crippen LogP contribution is 2.02. The highest BCUT2D eigenvalue weighted by atomic mass is 32.2. The van der Waals surface area contributed by atoms with E-state index in [9.17, 15) is 8.42 Å². The van der Waals surface area contributed by atoms with E-state index in [1.807, 2.05) is 0 Å². The fourth-order valence-electron chi connectivity index (χ4n) is 0.649.